The Labute approximate surface area is 239 Å². The van der Waals surface area contributed by atoms with E-state index in [1.807, 2.05) is 11.0 Å². The fraction of sp³-hybridized carbons (Fsp3) is 0.241. The van der Waals surface area contributed by atoms with Crippen LogP contribution in [0.25, 0.3) is 11.3 Å². The molecule has 0 atom stereocenters. The fourth-order valence-electron chi connectivity index (χ4n) is 4.94. The van der Waals surface area contributed by atoms with Gasteiger partial charge in [-0.25, -0.2) is 4.79 Å². The number of β-amino-alcohol motifs (C(OH)–C–C–N with tert-alkyl or cyclic N) is 1. The fourth-order valence-corrected chi connectivity index (χ4v) is 5.86. The minimum Gasteiger partial charge on any atom is -0.489 e. The highest BCUT2D eigenvalue weighted by molar-refractivity contribution is 6.39. The number of anilines is 1. The Bertz CT molecular complexity index is 1560. The number of nitrogens with zero attached hydrogens (tertiary/aromatic N) is 2. The van der Waals surface area contributed by atoms with Crippen LogP contribution < -0.4 is 9.64 Å². The van der Waals surface area contributed by atoms with Crippen molar-refractivity contribution in [2.45, 2.75) is 31.0 Å². The van der Waals surface area contributed by atoms with Crippen LogP contribution >= 0.6 is 34.8 Å². The number of aliphatic hydroxyl groups is 1. The molecule has 10 heteroatoms. The molecular formula is C29H23Cl3N2O5. The van der Waals surface area contributed by atoms with Crippen molar-refractivity contribution < 1.29 is 24.3 Å². The lowest BCUT2D eigenvalue weighted by Gasteiger charge is -2.48. The van der Waals surface area contributed by atoms with Crippen LogP contribution in [0, 0.1) is 0 Å². The molecular weight excluding hydrogens is 563 g/mol. The summed E-state index contributed by atoms with van der Waals surface area (Å²) >= 11 is 19.5. The lowest BCUT2D eigenvalue weighted by Crippen LogP contribution is -2.59. The summed E-state index contributed by atoms with van der Waals surface area (Å²) in [6.45, 7) is 0.743. The zero-order valence-corrected chi connectivity index (χ0v) is 22.8. The van der Waals surface area contributed by atoms with Gasteiger partial charge < -0.3 is 24.4 Å². The summed E-state index contributed by atoms with van der Waals surface area (Å²) in [6, 6.07) is 17.1. The first-order valence-corrected chi connectivity index (χ1v) is 13.5. The molecule has 200 valence electrons. The van der Waals surface area contributed by atoms with Crippen LogP contribution in [0.1, 0.15) is 46.0 Å². The molecule has 1 saturated carbocycles. The lowest BCUT2D eigenvalue weighted by atomic mass is 9.85. The predicted octanol–water partition coefficient (Wildman–Crippen LogP) is 7.16. The van der Waals surface area contributed by atoms with Crippen LogP contribution in [-0.2, 0) is 12.2 Å². The van der Waals surface area contributed by atoms with Crippen molar-refractivity contribution in [3.8, 4) is 17.0 Å². The topological polar surface area (TPSA) is 96.0 Å². The second-order valence-corrected chi connectivity index (χ2v) is 11.1. The number of carboxylic acids is 1. The Balaban J connectivity index is 1.19. The first kappa shape index (κ1) is 26.0. The molecule has 1 saturated heterocycles. The summed E-state index contributed by atoms with van der Waals surface area (Å²) in [7, 11) is 0. The normalized spacial score (nSPS) is 16.2. The highest BCUT2D eigenvalue weighted by Gasteiger charge is 2.44. The number of hydrogen-bond donors (Lipinski definition) is 2. The highest BCUT2D eigenvalue weighted by atomic mass is 35.5. The van der Waals surface area contributed by atoms with Crippen molar-refractivity contribution in [3.05, 3.63) is 98.2 Å². The molecule has 1 aliphatic heterocycles. The first-order valence-electron chi connectivity index (χ1n) is 12.4. The van der Waals surface area contributed by atoms with Gasteiger partial charge in [-0.2, -0.15) is 0 Å². The van der Waals surface area contributed by atoms with Crippen molar-refractivity contribution >= 4 is 46.5 Å². The largest absolute Gasteiger partial charge is 0.489 e. The number of ether oxygens (including phenoxy) is 1. The Kier molecular flexibility index (Phi) is 6.71. The second kappa shape index (κ2) is 10.1. The Morgan fingerprint density at radius 3 is 2.41 bits per heavy atom. The van der Waals surface area contributed by atoms with E-state index in [9.17, 15) is 15.0 Å². The van der Waals surface area contributed by atoms with Crippen molar-refractivity contribution in [2.24, 2.45) is 0 Å². The maximum atomic E-state index is 11.3. The molecule has 0 bridgehead atoms. The molecule has 7 nitrogen and oxygen atoms in total. The third kappa shape index (κ3) is 4.96. The van der Waals surface area contributed by atoms with Gasteiger partial charge in [-0.3, -0.25) is 0 Å². The molecule has 0 amide bonds. The molecule has 0 radical (unpaired) electrons. The summed E-state index contributed by atoms with van der Waals surface area (Å²) in [5.41, 5.74) is 2.29. The first-order chi connectivity index (χ1) is 18.7. The smallest absolute Gasteiger partial charge is 0.335 e. The molecule has 1 aliphatic carbocycles. The molecule has 4 aromatic rings. The molecule has 2 N–H and O–H groups in total. The molecule has 0 spiro atoms. The minimum atomic E-state index is -1.17. The van der Waals surface area contributed by atoms with Crippen LogP contribution in [0.3, 0.4) is 0 Å². The minimum absolute atomic E-state index is 0.180. The van der Waals surface area contributed by atoms with Crippen LogP contribution in [0.4, 0.5) is 5.69 Å². The second-order valence-electron chi connectivity index (χ2n) is 9.92. The van der Waals surface area contributed by atoms with E-state index in [0.717, 1.165) is 29.9 Å². The quantitative estimate of drug-likeness (QED) is 0.226. The molecule has 2 heterocycles. The van der Waals surface area contributed by atoms with Gasteiger partial charge in [-0.1, -0.05) is 58.2 Å². The van der Waals surface area contributed by atoms with E-state index in [2.05, 4.69) is 5.16 Å². The SMILES string of the molecule is O=C(O)c1cccc(N2CC(O)(c3ccc(OCc4c(-c5c(Cl)cccc5Cl)noc4C4CC4)cc3Cl)C2)c1. The van der Waals surface area contributed by atoms with Crippen LogP contribution in [0.5, 0.6) is 5.75 Å². The summed E-state index contributed by atoms with van der Waals surface area (Å²) in [4.78, 5) is 13.2. The van der Waals surface area contributed by atoms with Crippen molar-refractivity contribution in [3.63, 3.8) is 0 Å². The number of rotatable bonds is 8. The van der Waals surface area contributed by atoms with Crippen LogP contribution in [0.15, 0.2) is 65.2 Å². The number of aromatic carboxylic acids is 1. The van der Waals surface area contributed by atoms with Gasteiger partial charge in [0.15, 0.2) is 0 Å². The number of hydrogen-bond acceptors (Lipinski definition) is 6. The van der Waals surface area contributed by atoms with Crippen LogP contribution in [0.2, 0.25) is 15.1 Å². The van der Waals surface area contributed by atoms with Crippen molar-refractivity contribution in [1.82, 2.24) is 5.16 Å². The molecule has 3 aromatic carbocycles. The Hall–Kier alpha value is -3.23. The summed E-state index contributed by atoms with van der Waals surface area (Å²) < 4.78 is 11.8. The standard InChI is InChI=1S/C29H23Cl3N2O5/c30-22-5-2-6-23(31)25(22)26-20(27(39-33-26)16-7-8-16)13-38-19-9-10-21(24(32)12-19)29(37)14-34(15-29)18-4-1-3-17(11-18)28(35)36/h1-6,9-12,16,37H,7-8,13-15H2,(H,35,36). The predicted molar refractivity (Wildman–Crippen MR) is 149 cm³/mol. The molecule has 2 aliphatic rings. The molecule has 6 rings (SSSR count). The van der Waals surface area contributed by atoms with E-state index in [1.54, 1.807) is 48.5 Å². The molecule has 1 aromatic heterocycles. The maximum Gasteiger partial charge on any atom is 0.335 e. The van der Waals surface area contributed by atoms with Gasteiger partial charge in [0.1, 0.15) is 29.4 Å². The highest BCUT2D eigenvalue weighted by Crippen LogP contribution is 2.46. The van der Waals surface area contributed by atoms with Gasteiger partial charge in [0, 0.05) is 22.7 Å². The van der Waals surface area contributed by atoms with Crippen molar-refractivity contribution in [1.29, 1.82) is 0 Å². The zero-order chi connectivity index (χ0) is 27.3. The van der Waals surface area contributed by atoms with Crippen molar-refractivity contribution in [2.75, 3.05) is 18.0 Å². The van der Waals surface area contributed by atoms with Gasteiger partial charge in [-0.05, 0) is 55.3 Å². The zero-order valence-electron chi connectivity index (χ0n) is 20.5. The average molecular weight is 586 g/mol. The average Bonchev–Trinajstić information content (AvgIpc) is 3.66. The van der Waals surface area contributed by atoms with Gasteiger partial charge in [0.2, 0.25) is 0 Å². The number of carbonyl (C=O) groups is 1. The summed E-state index contributed by atoms with van der Waals surface area (Å²) in [5, 5.41) is 26.1. The summed E-state index contributed by atoms with van der Waals surface area (Å²) in [6.07, 6.45) is 2.04. The molecule has 39 heavy (non-hydrogen) atoms. The summed E-state index contributed by atoms with van der Waals surface area (Å²) in [5.74, 6) is 0.601. The lowest BCUT2D eigenvalue weighted by molar-refractivity contribution is 0.00760. The number of halogens is 3. The Morgan fingerprint density at radius 1 is 1.03 bits per heavy atom. The van der Waals surface area contributed by atoms with Gasteiger partial charge in [0.25, 0.3) is 0 Å². The number of carboxylic acid groups (broad SMARTS) is 1. The van der Waals surface area contributed by atoms with E-state index in [0.29, 0.717) is 43.6 Å². The van der Waals surface area contributed by atoms with E-state index < -0.39 is 11.6 Å². The van der Waals surface area contributed by atoms with Gasteiger partial charge in [0.05, 0.1) is 39.3 Å². The number of benzene rings is 3. The number of aromatic nitrogens is 1. The van der Waals surface area contributed by atoms with Crippen LogP contribution in [-0.4, -0.2) is 34.4 Å². The monoisotopic (exact) mass is 584 g/mol. The van der Waals surface area contributed by atoms with Gasteiger partial charge in [-0.15, -0.1) is 0 Å². The van der Waals surface area contributed by atoms with Gasteiger partial charge >= 0.3 is 5.97 Å². The van der Waals surface area contributed by atoms with E-state index >= 15 is 0 Å². The Morgan fingerprint density at radius 2 is 1.74 bits per heavy atom. The third-order valence-corrected chi connectivity index (χ3v) is 8.10. The molecule has 0 unspecified atom stereocenters. The van der Waals surface area contributed by atoms with E-state index in [4.69, 9.17) is 44.1 Å². The third-order valence-electron chi connectivity index (χ3n) is 7.15. The van der Waals surface area contributed by atoms with E-state index in [1.165, 1.54) is 6.07 Å². The maximum absolute atomic E-state index is 11.3. The van der Waals surface area contributed by atoms with E-state index in [-0.39, 0.29) is 25.3 Å². The molecule has 2 fully saturated rings.